The fourth-order valence-electron chi connectivity index (χ4n) is 3.01. The van der Waals surface area contributed by atoms with E-state index in [0.717, 1.165) is 50.9 Å². The summed E-state index contributed by atoms with van der Waals surface area (Å²) >= 11 is 0. The molecule has 0 unspecified atom stereocenters. The third kappa shape index (κ3) is 5.16. The first-order valence-electron chi connectivity index (χ1n) is 8.63. The number of ether oxygens (including phenoxy) is 1. The number of rotatable bonds is 7. The van der Waals surface area contributed by atoms with E-state index in [-0.39, 0.29) is 11.8 Å². The number of halogens is 2. The summed E-state index contributed by atoms with van der Waals surface area (Å²) in [6.45, 7) is 2.18. The second-order valence-corrected chi connectivity index (χ2v) is 6.68. The van der Waals surface area contributed by atoms with Crippen molar-refractivity contribution >= 4 is 5.91 Å². The minimum absolute atomic E-state index is 0.229. The Balaban J connectivity index is 1.39. The second kappa shape index (κ2) is 7.92. The van der Waals surface area contributed by atoms with Gasteiger partial charge < -0.3 is 10.1 Å². The van der Waals surface area contributed by atoms with Gasteiger partial charge in [-0.15, -0.1) is 0 Å². The minimum Gasteiger partial charge on any atom is -0.488 e. The fraction of sp³-hybridized carbons (Fsp3) is 0.611. The average Bonchev–Trinajstić information content (AvgIpc) is 3.41. The Morgan fingerprint density at radius 1 is 1.17 bits per heavy atom. The van der Waals surface area contributed by atoms with E-state index >= 15 is 0 Å². The number of carbonyl (C=O) groups excluding carboxylic acids is 1. The molecule has 1 heterocycles. The number of hydrogen-bond donors (Lipinski definition) is 1. The standard InChI is InChI=1S/C18H24F2N2O2/c19-17(20)12-24-16-5-1-13(2-6-16)11-22-9-7-15(8-10-22)21-18(23)14-3-4-14/h1-2,5-6,14-15,17H,3-4,7-12H2,(H,21,23). The lowest BCUT2D eigenvalue weighted by molar-refractivity contribution is -0.123. The monoisotopic (exact) mass is 338 g/mol. The summed E-state index contributed by atoms with van der Waals surface area (Å²) in [7, 11) is 0. The largest absolute Gasteiger partial charge is 0.488 e. The fourth-order valence-corrected chi connectivity index (χ4v) is 3.01. The van der Waals surface area contributed by atoms with E-state index < -0.39 is 13.0 Å². The summed E-state index contributed by atoms with van der Waals surface area (Å²) in [5.74, 6) is 0.974. The summed E-state index contributed by atoms with van der Waals surface area (Å²) in [5, 5.41) is 3.15. The molecule has 132 valence electrons. The normalized spacial score (nSPS) is 19.5. The van der Waals surface area contributed by atoms with Crippen molar-refractivity contribution in [1.82, 2.24) is 10.2 Å². The number of nitrogens with one attached hydrogen (secondary N) is 1. The summed E-state index contributed by atoms with van der Waals surface area (Å²) in [5.41, 5.74) is 1.14. The Morgan fingerprint density at radius 3 is 2.42 bits per heavy atom. The zero-order valence-electron chi connectivity index (χ0n) is 13.7. The lowest BCUT2D eigenvalue weighted by Gasteiger charge is -2.32. The van der Waals surface area contributed by atoms with Crippen LogP contribution in [0.15, 0.2) is 24.3 Å². The molecule has 24 heavy (non-hydrogen) atoms. The molecule has 0 aromatic heterocycles. The van der Waals surface area contributed by atoms with Crippen LogP contribution in [-0.4, -0.2) is 43.0 Å². The summed E-state index contributed by atoms with van der Waals surface area (Å²) in [4.78, 5) is 14.1. The molecular formula is C18H24F2N2O2. The molecule has 0 atom stereocenters. The molecule has 0 bridgehead atoms. The second-order valence-electron chi connectivity index (χ2n) is 6.68. The predicted molar refractivity (Wildman–Crippen MR) is 87.1 cm³/mol. The van der Waals surface area contributed by atoms with Gasteiger partial charge in [0.2, 0.25) is 5.91 Å². The molecule has 2 aliphatic rings. The number of benzene rings is 1. The number of nitrogens with zero attached hydrogens (tertiary/aromatic N) is 1. The quantitative estimate of drug-likeness (QED) is 0.831. The molecule has 1 amide bonds. The van der Waals surface area contributed by atoms with Gasteiger partial charge in [0.05, 0.1) is 0 Å². The van der Waals surface area contributed by atoms with E-state index in [9.17, 15) is 13.6 Å². The maximum atomic E-state index is 12.1. The van der Waals surface area contributed by atoms with E-state index in [4.69, 9.17) is 4.74 Å². The van der Waals surface area contributed by atoms with E-state index in [1.807, 2.05) is 12.1 Å². The van der Waals surface area contributed by atoms with Gasteiger partial charge in [0.25, 0.3) is 6.43 Å². The van der Waals surface area contributed by atoms with Gasteiger partial charge in [-0.3, -0.25) is 9.69 Å². The maximum absolute atomic E-state index is 12.1. The molecule has 2 fully saturated rings. The van der Waals surface area contributed by atoms with E-state index in [1.165, 1.54) is 0 Å². The van der Waals surface area contributed by atoms with Crippen LogP contribution in [0.4, 0.5) is 8.78 Å². The first-order valence-corrected chi connectivity index (χ1v) is 8.63. The van der Waals surface area contributed by atoms with Crippen LogP contribution in [0.1, 0.15) is 31.2 Å². The molecule has 3 rings (SSSR count). The number of alkyl halides is 2. The van der Waals surface area contributed by atoms with Crippen molar-refractivity contribution in [2.75, 3.05) is 19.7 Å². The van der Waals surface area contributed by atoms with Crippen molar-refractivity contribution in [1.29, 1.82) is 0 Å². The number of carbonyl (C=O) groups is 1. The van der Waals surface area contributed by atoms with E-state index in [0.29, 0.717) is 11.8 Å². The average molecular weight is 338 g/mol. The van der Waals surface area contributed by atoms with Crippen LogP contribution in [0, 0.1) is 5.92 Å². The highest BCUT2D eigenvalue weighted by Gasteiger charge is 2.31. The highest BCUT2D eigenvalue weighted by Crippen LogP contribution is 2.29. The van der Waals surface area contributed by atoms with Gasteiger partial charge in [0.15, 0.2) is 0 Å². The molecule has 1 saturated carbocycles. The van der Waals surface area contributed by atoms with Crippen molar-refractivity contribution in [3.8, 4) is 5.75 Å². The SMILES string of the molecule is O=C(NC1CCN(Cc2ccc(OCC(F)F)cc2)CC1)C1CC1. The van der Waals surface area contributed by atoms with Crippen LogP contribution in [0.5, 0.6) is 5.75 Å². The minimum atomic E-state index is -2.45. The third-order valence-corrected chi connectivity index (χ3v) is 4.59. The van der Waals surface area contributed by atoms with Crippen molar-refractivity contribution in [3.05, 3.63) is 29.8 Å². The Labute approximate surface area is 141 Å². The highest BCUT2D eigenvalue weighted by atomic mass is 19.3. The molecule has 1 aromatic rings. The topological polar surface area (TPSA) is 41.6 Å². The Kier molecular flexibility index (Phi) is 5.66. The van der Waals surface area contributed by atoms with Gasteiger partial charge >= 0.3 is 0 Å². The Morgan fingerprint density at radius 2 is 1.83 bits per heavy atom. The van der Waals surface area contributed by atoms with E-state index in [2.05, 4.69) is 10.2 Å². The summed E-state index contributed by atoms with van der Waals surface area (Å²) < 4.78 is 29.2. The molecule has 1 N–H and O–H groups in total. The molecule has 4 nitrogen and oxygen atoms in total. The van der Waals surface area contributed by atoms with Crippen molar-refractivity contribution < 1.29 is 18.3 Å². The van der Waals surface area contributed by atoms with E-state index in [1.54, 1.807) is 12.1 Å². The third-order valence-electron chi connectivity index (χ3n) is 4.59. The van der Waals surface area contributed by atoms with Gasteiger partial charge in [0, 0.05) is 31.6 Å². The predicted octanol–water partition coefficient (Wildman–Crippen LogP) is 2.82. The van der Waals surface area contributed by atoms with Crippen LogP contribution in [0.25, 0.3) is 0 Å². The smallest absolute Gasteiger partial charge is 0.272 e. The number of likely N-dealkylation sites (tertiary alicyclic amines) is 1. The summed E-state index contributed by atoms with van der Waals surface area (Å²) in [6.07, 6.45) is 1.59. The van der Waals surface area contributed by atoms with Gasteiger partial charge in [-0.1, -0.05) is 12.1 Å². The molecule has 1 aromatic carbocycles. The molecule has 1 aliphatic carbocycles. The maximum Gasteiger partial charge on any atom is 0.272 e. The van der Waals surface area contributed by atoms with Gasteiger partial charge in [0.1, 0.15) is 12.4 Å². The van der Waals surface area contributed by atoms with Crippen LogP contribution >= 0.6 is 0 Å². The Hall–Kier alpha value is -1.69. The van der Waals surface area contributed by atoms with Gasteiger partial charge in [-0.2, -0.15) is 0 Å². The van der Waals surface area contributed by atoms with Crippen LogP contribution in [0.2, 0.25) is 0 Å². The zero-order valence-corrected chi connectivity index (χ0v) is 13.7. The number of amides is 1. The van der Waals surface area contributed by atoms with Crippen molar-refractivity contribution in [2.24, 2.45) is 5.92 Å². The molecule has 0 radical (unpaired) electrons. The van der Waals surface area contributed by atoms with Gasteiger partial charge in [-0.05, 0) is 43.4 Å². The molecule has 0 spiro atoms. The van der Waals surface area contributed by atoms with Crippen molar-refractivity contribution in [2.45, 2.75) is 44.7 Å². The zero-order chi connectivity index (χ0) is 16.9. The lowest BCUT2D eigenvalue weighted by Crippen LogP contribution is -2.44. The first-order chi connectivity index (χ1) is 11.6. The van der Waals surface area contributed by atoms with Crippen LogP contribution in [0.3, 0.4) is 0 Å². The number of hydrogen-bond acceptors (Lipinski definition) is 3. The first kappa shape index (κ1) is 17.1. The van der Waals surface area contributed by atoms with Crippen LogP contribution < -0.4 is 10.1 Å². The highest BCUT2D eigenvalue weighted by molar-refractivity contribution is 5.81. The Bertz CT molecular complexity index is 538. The number of piperidine rings is 1. The lowest BCUT2D eigenvalue weighted by atomic mass is 10.0. The molecule has 6 heteroatoms. The molecular weight excluding hydrogens is 314 g/mol. The molecule has 1 saturated heterocycles. The molecule has 1 aliphatic heterocycles. The van der Waals surface area contributed by atoms with Gasteiger partial charge in [-0.25, -0.2) is 8.78 Å². The van der Waals surface area contributed by atoms with Crippen LogP contribution in [-0.2, 0) is 11.3 Å². The van der Waals surface area contributed by atoms with Crippen molar-refractivity contribution in [3.63, 3.8) is 0 Å². The summed E-state index contributed by atoms with van der Waals surface area (Å²) in [6, 6.07) is 7.61.